The van der Waals surface area contributed by atoms with Gasteiger partial charge in [-0.3, -0.25) is 0 Å². The summed E-state index contributed by atoms with van der Waals surface area (Å²) in [7, 11) is 3.43. The summed E-state index contributed by atoms with van der Waals surface area (Å²) in [6, 6.07) is 12.3. The van der Waals surface area contributed by atoms with Crippen LogP contribution in [0.4, 0.5) is 0 Å². The smallest absolute Gasteiger partial charge is 0.127 e. The Morgan fingerprint density at radius 3 is 2.55 bits per heavy atom. The quantitative estimate of drug-likeness (QED) is 0.929. The molecule has 3 nitrogen and oxygen atoms in total. The Morgan fingerprint density at radius 2 is 1.75 bits per heavy atom. The van der Waals surface area contributed by atoms with Crippen LogP contribution in [0.15, 0.2) is 36.4 Å². The first-order valence-electron chi connectivity index (χ1n) is 6.88. The van der Waals surface area contributed by atoms with Crippen molar-refractivity contribution in [3.63, 3.8) is 0 Å². The molecule has 3 rings (SSSR count). The van der Waals surface area contributed by atoms with Crippen LogP contribution in [0.25, 0.3) is 11.1 Å². The van der Waals surface area contributed by atoms with Gasteiger partial charge in [-0.05, 0) is 36.2 Å². The predicted octanol–water partition coefficient (Wildman–Crippen LogP) is 3.02. The molecular weight excluding hydrogens is 250 g/mol. The number of hydrogen-bond donors (Lipinski definition) is 1. The highest BCUT2D eigenvalue weighted by Crippen LogP contribution is 2.40. The van der Waals surface area contributed by atoms with Crippen LogP contribution in [-0.4, -0.2) is 20.8 Å². The molecule has 1 aliphatic heterocycles. The Labute approximate surface area is 119 Å². The van der Waals surface area contributed by atoms with E-state index in [1.54, 1.807) is 14.2 Å². The molecule has 1 heterocycles. The van der Waals surface area contributed by atoms with E-state index in [2.05, 4.69) is 23.5 Å². The van der Waals surface area contributed by atoms with Crippen LogP contribution in [0.5, 0.6) is 11.5 Å². The second-order valence-corrected chi connectivity index (χ2v) is 4.91. The number of methoxy groups -OCH3 is 2. The molecule has 2 aromatic carbocycles. The van der Waals surface area contributed by atoms with Gasteiger partial charge in [-0.25, -0.2) is 0 Å². The van der Waals surface area contributed by atoms with Gasteiger partial charge in [0.15, 0.2) is 0 Å². The molecule has 0 saturated heterocycles. The van der Waals surface area contributed by atoms with Gasteiger partial charge >= 0.3 is 0 Å². The van der Waals surface area contributed by atoms with Gasteiger partial charge in [0.05, 0.1) is 14.2 Å². The lowest BCUT2D eigenvalue weighted by Gasteiger charge is -2.23. The fourth-order valence-corrected chi connectivity index (χ4v) is 2.86. The van der Waals surface area contributed by atoms with E-state index in [1.165, 1.54) is 11.1 Å². The van der Waals surface area contributed by atoms with E-state index in [9.17, 15) is 0 Å². The average Bonchev–Trinajstić information content (AvgIpc) is 2.53. The van der Waals surface area contributed by atoms with Gasteiger partial charge in [0, 0.05) is 17.7 Å². The molecule has 0 bridgehead atoms. The minimum atomic E-state index is 0.875. The molecule has 1 N–H and O–H groups in total. The Balaban J connectivity index is 2.25. The van der Waals surface area contributed by atoms with E-state index >= 15 is 0 Å². The summed E-state index contributed by atoms with van der Waals surface area (Å²) in [5.41, 5.74) is 4.95. The van der Waals surface area contributed by atoms with Gasteiger partial charge in [0.25, 0.3) is 0 Å². The summed E-state index contributed by atoms with van der Waals surface area (Å²) < 4.78 is 11.1. The first kappa shape index (κ1) is 13.0. The minimum absolute atomic E-state index is 0.875. The van der Waals surface area contributed by atoms with Crippen LogP contribution in [0.1, 0.15) is 11.1 Å². The van der Waals surface area contributed by atoms with E-state index in [-0.39, 0.29) is 0 Å². The lowest BCUT2D eigenvalue weighted by molar-refractivity contribution is 0.409. The molecule has 0 unspecified atom stereocenters. The van der Waals surface area contributed by atoms with E-state index in [0.717, 1.165) is 42.1 Å². The number of rotatable bonds is 3. The Bertz CT molecular complexity index is 622. The lowest BCUT2D eigenvalue weighted by atomic mass is 9.90. The van der Waals surface area contributed by atoms with Crippen molar-refractivity contribution in [2.24, 2.45) is 0 Å². The van der Waals surface area contributed by atoms with Gasteiger partial charge in [-0.15, -0.1) is 0 Å². The maximum atomic E-state index is 5.58. The molecule has 20 heavy (non-hydrogen) atoms. The average molecular weight is 269 g/mol. The topological polar surface area (TPSA) is 30.5 Å². The fraction of sp³-hybridized carbons (Fsp3) is 0.294. The molecule has 104 valence electrons. The largest absolute Gasteiger partial charge is 0.496 e. The van der Waals surface area contributed by atoms with Gasteiger partial charge in [-0.1, -0.05) is 24.3 Å². The van der Waals surface area contributed by atoms with Gasteiger partial charge in [0.1, 0.15) is 11.5 Å². The number of nitrogens with one attached hydrogen (secondary N) is 1. The minimum Gasteiger partial charge on any atom is -0.496 e. The standard InChI is InChI=1S/C17H19NO2/c1-19-15-6-4-3-5-13(15)17-14-11-18-10-9-12(14)7-8-16(17)20-2/h3-8,18H,9-11H2,1-2H3. The summed E-state index contributed by atoms with van der Waals surface area (Å²) in [6.45, 7) is 1.91. The van der Waals surface area contributed by atoms with E-state index < -0.39 is 0 Å². The van der Waals surface area contributed by atoms with Crippen molar-refractivity contribution in [2.75, 3.05) is 20.8 Å². The number of benzene rings is 2. The second kappa shape index (κ2) is 5.55. The Morgan fingerprint density at radius 1 is 0.950 bits per heavy atom. The van der Waals surface area contributed by atoms with Crippen molar-refractivity contribution in [1.82, 2.24) is 5.32 Å². The SMILES string of the molecule is COc1ccccc1-c1c(OC)ccc2c1CNCC2. The van der Waals surface area contributed by atoms with Crippen LogP contribution in [0.2, 0.25) is 0 Å². The monoisotopic (exact) mass is 269 g/mol. The molecule has 0 atom stereocenters. The van der Waals surface area contributed by atoms with Gasteiger partial charge in [0.2, 0.25) is 0 Å². The number of ether oxygens (including phenoxy) is 2. The van der Waals surface area contributed by atoms with Crippen LogP contribution >= 0.6 is 0 Å². The number of fused-ring (bicyclic) bond motifs is 1. The highest BCUT2D eigenvalue weighted by Gasteiger charge is 2.20. The first-order chi connectivity index (χ1) is 9.85. The molecule has 0 saturated carbocycles. The third-order valence-electron chi connectivity index (χ3n) is 3.84. The Hall–Kier alpha value is -2.00. The highest BCUT2D eigenvalue weighted by molar-refractivity contribution is 5.80. The lowest BCUT2D eigenvalue weighted by Crippen LogP contribution is -2.24. The predicted molar refractivity (Wildman–Crippen MR) is 80.4 cm³/mol. The number of hydrogen-bond acceptors (Lipinski definition) is 3. The van der Waals surface area contributed by atoms with Crippen molar-refractivity contribution >= 4 is 0 Å². The van der Waals surface area contributed by atoms with E-state index in [0.29, 0.717) is 0 Å². The zero-order chi connectivity index (χ0) is 13.9. The third-order valence-corrected chi connectivity index (χ3v) is 3.84. The molecule has 0 aromatic heterocycles. The Kier molecular flexibility index (Phi) is 3.61. The molecule has 0 aliphatic carbocycles. The van der Waals surface area contributed by atoms with Crippen LogP contribution in [0.3, 0.4) is 0 Å². The van der Waals surface area contributed by atoms with Crippen molar-refractivity contribution in [1.29, 1.82) is 0 Å². The summed E-state index contributed by atoms with van der Waals surface area (Å²) >= 11 is 0. The van der Waals surface area contributed by atoms with E-state index in [1.807, 2.05) is 18.2 Å². The van der Waals surface area contributed by atoms with Crippen molar-refractivity contribution in [3.8, 4) is 22.6 Å². The van der Waals surface area contributed by atoms with Crippen LogP contribution in [-0.2, 0) is 13.0 Å². The first-order valence-corrected chi connectivity index (χ1v) is 6.88. The molecule has 0 radical (unpaired) electrons. The van der Waals surface area contributed by atoms with Crippen molar-refractivity contribution < 1.29 is 9.47 Å². The van der Waals surface area contributed by atoms with Gasteiger partial charge in [-0.2, -0.15) is 0 Å². The maximum Gasteiger partial charge on any atom is 0.127 e. The zero-order valence-corrected chi connectivity index (χ0v) is 11.9. The maximum absolute atomic E-state index is 5.58. The molecule has 2 aromatic rings. The summed E-state index contributed by atoms with van der Waals surface area (Å²) in [6.07, 6.45) is 1.06. The molecule has 0 spiro atoms. The highest BCUT2D eigenvalue weighted by atomic mass is 16.5. The van der Waals surface area contributed by atoms with Gasteiger partial charge < -0.3 is 14.8 Å². The summed E-state index contributed by atoms with van der Waals surface area (Å²) in [5, 5.41) is 3.44. The summed E-state index contributed by atoms with van der Waals surface area (Å²) in [4.78, 5) is 0. The fourth-order valence-electron chi connectivity index (χ4n) is 2.86. The molecule has 0 amide bonds. The van der Waals surface area contributed by atoms with Crippen LogP contribution < -0.4 is 14.8 Å². The second-order valence-electron chi connectivity index (χ2n) is 4.91. The van der Waals surface area contributed by atoms with Crippen molar-refractivity contribution in [3.05, 3.63) is 47.5 Å². The normalized spacial score (nSPS) is 13.7. The van der Waals surface area contributed by atoms with E-state index in [4.69, 9.17) is 9.47 Å². The van der Waals surface area contributed by atoms with Crippen LogP contribution in [0, 0.1) is 0 Å². The molecule has 0 fully saturated rings. The molecule has 1 aliphatic rings. The molecular formula is C17H19NO2. The zero-order valence-electron chi connectivity index (χ0n) is 11.9. The number of para-hydroxylation sites is 1. The summed E-state index contributed by atoms with van der Waals surface area (Å²) in [5.74, 6) is 1.78. The van der Waals surface area contributed by atoms with Crippen molar-refractivity contribution in [2.45, 2.75) is 13.0 Å². The molecule has 3 heteroatoms. The third kappa shape index (κ3) is 2.14.